The second kappa shape index (κ2) is 3.90. The number of fused-ring (bicyclic) bond motifs is 1. The molecule has 0 aliphatic carbocycles. The van der Waals surface area contributed by atoms with Crippen LogP contribution in [0.3, 0.4) is 0 Å². The van der Waals surface area contributed by atoms with Crippen LogP contribution in [0.15, 0.2) is 16.9 Å². The van der Waals surface area contributed by atoms with Crippen molar-refractivity contribution < 1.29 is 0 Å². The highest BCUT2D eigenvalue weighted by Crippen LogP contribution is 2.29. The summed E-state index contributed by atoms with van der Waals surface area (Å²) >= 11 is 0. The van der Waals surface area contributed by atoms with E-state index in [0.717, 1.165) is 24.1 Å². The number of rotatable bonds is 1. The van der Waals surface area contributed by atoms with E-state index >= 15 is 0 Å². The van der Waals surface area contributed by atoms with Gasteiger partial charge in [0.1, 0.15) is 0 Å². The highest BCUT2D eigenvalue weighted by molar-refractivity contribution is 5.90. The van der Waals surface area contributed by atoms with Gasteiger partial charge in [0, 0.05) is 27.2 Å². The lowest BCUT2D eigenvalue weighted by Gasteiger charge is -2.20. The molecule has 2 aromatic rings. The molecule has 1 aromatic heterocycles. The molecule has 0 amide bonds. The van der Waals surface area contributed by atoms with Crippen LogP contribution < -0.4 is 10.6 Å². The SMILES string of the molecule is Cc1cc(N2CCCC2)c2c(c1)n(C)c(=O)n2C. The van der Waals surface area contributed by atoms with Crippen molar-refractivity contribution in [3.63, 3.8) is 0 Å². The molecule has 2 heterocycles. The number of nitrogens with zero attached hydrogens (tertiary/aromatic N) is 3. The van der Waals surface area contributed by atoms with E-state index in [1.54, 1.807) is 9.13 Å². The summed E-state index contributed by atoms with van der Waals surface area (Å²) in [6.45, 7) is 4.29. The molecule has 4 nitrogen and oxygen atoms in total. The molecule has 0 unspecified atom stereocenters. The molecule has 1 aliphatic heterocycles. The lowest BCUT2D eigenvalue weighted by Crippen LogP contribution is -2.21. The van der Waals surface area contributed by atoms with Gasteiger partial charge in [-0.3, -0.25) is 9.13 Å². The van der Waals surface area contributed by atoms with E-state index in [1.807, 2.05) is 14.1 Å². The maximum Gasteiger partial charge on any atom is 0.328 e. The summed E-state index contributed by atoms with van der Waals surface area (Å²) < 4.78 is 3.50. The lowest BCUT2D eigenvalue weighted by molar-refractivity contribution is 0.794. The molecule has 0 radical (unpaired) electrons. The quantitative estimate of drug-likeness (QED) is 0.766. The molecule has 96 valence electrons. The third kappa shape index (κ3) is 1.48. The van der Waals surface area contributed by atoms with Gasteiger partial charge in [-0.25, -0.2) is 4.79 Å². The van der Waals surface area contributed by atoms with Gasteiger partial charge in [-0.2, -0.15) is 0 Å². The van der Waals surface area contributed by atoms with Crippen LogP contribution in [0.4, 0.5) is 5.69 Å². The molecule has 18 heavy (non-hydrogen) atoms. The van der Waals surface area contributed by atoms with Gasteiger partial charge in [0.25, 0.3) is 0 Å². The molecular formula is C14H19N3O. The zero-order valence-electron chi connectivity index (χ0n) is 11.2. The minimum Gasteiger partial charge on any atom is -0.370 e. The second-order valence-corrected chi connectivity index (χ2v) is 5.25. The minimum absolute atomic E-state index is 0.0519. The fraction of sp³-hybridized carbons (Fsp3) is 0.500. The first-order valence-corrected chi connectivity index (χ1v) is 6.50. The Morgan fingerprint density at radius 1 is 1.06 bits per heavy atom. The highest BCUT2D eigenvalue weighted by Gasteiger charge is 2.19. The fourth-order valence-electron chi connectivity index (χ4n) is 2.96. The Labute approximate surface area is 106 Å². The summed E-state index contributed by atoms with van der Waals surface area (Å²) in [5.74, 6) is 0. The average Bonchev–Trinajstić information content (AvgIpc) is 2.94. The summed E-state index contributed by atoms with van der Waals surface area (Å²) in [5.41, 5.74) is 4.57. The van der Waals surface area contributed by atoms with Crippen molar-refractivity contribution in [2.24, 2.45) is 14.1 Å². The Bertz CT molecular complexity index is 660. The summed E-state index contributed by atoms with van der Waals surface area (Å²) in [6.07, 6.45) is 2.49. The molecule has 3 rings (SSSR count). The van der Waals surface area contributed by atoms with Gasteiger partial charge in [-0.15, -0.1) is 0 Å². The third-order valence-electron chi connectivity index (χ3n) is 3.93. The van der Waals surface area contributed by atoms with Crippen molar-refractivity contribution in [2.45, 2.75) is 19.8 Å². The van der Waals surface area contributed by atoms with Crippen molar-refractivity contribution in [3.05, 3.63) is 28.2 Å². The molecule has 1 aromatic carbocycles. The molecule has 0 bridgehead atoms. The number of imidazole rings is 1. The molecule has 1 fully saturated rings. The Hall–Kier alpha value is -1.71. The summed E-state index contributed by atoms with van der Waals surface area (Å²) in [4.78, 5) is 14.5. The number of benzene rings is 1. The van der Waals surface area contributed by atoms with Crippen molar-refractivity contribution >= 4 is 16.7 Å². The number of hydrogen-bond acceptors (Lipinski definition) is 2. The normalized spacial score (nSPS) is 15.8. The van der Waals surface area contributed by atoms with E-state index < -0.39 is 0 Å². The molecule has 4 heteroatoms. The van der Waals surface area contributed by atoms with E-state index in [-0.39, 0.29) is 5.69 Å². The van der Waals surface area contributed by atoms with Crippen LogP contribution >= 0.6 is 0 Å². The summed E-state index contributed by atoms with van der Waals surface area (Å²) in [5, 5.41) is 0. The topological polar surface area (TPSA) is 30.2 Å². The fourth-order valence-corrected chi connectivity index (χ4v) is 2.96. The number of aromatic nitrogens is 2. The molecular weight excluding hydrogens is 226 g/mol. The zero-order chi connectivity index (χ0) is 12.9. The van der Waals surface area contributed by atoms with Gasteiger partial charge < -0.3 is 4.90 Å². The summed E-state index contributed by atoms with van der Waals surface area (Å²) in [7, 11) is 3.71. The zero-order valence-corrected chi connectivity index (χ0v) is 11.2. The van der Waals surface area contributed by atoms with Crippen molar-refractivity contribution in [1.82, 2.24) is 9.13 Å². The predicted molar refractivity (Wildman–Crippen MR) is 74.3 cm³/mol. The average molecular weight is 245 g/mol. The first kappa shape index (κ1) is 11.4. The van der Waals surface area contributed by atoms with Gasteiger partial charge >= 0.3 is 5.69 Å². The van der Waals surface area contributed by atoms with E-state index in [4.69, 9.17) is 0 Å². The number of anilines is 1. The Morgan fingerprint density at radius 2 is 1.72 bits per heavy atom. The first-order valence-electron chi connectivity index (χ1n) is 6.50. The van der Waals surface area contributed by atoms with E-state index in [2.05, 4.69) is 24.0 Å². The summed E-state index contributed by atoms with van der Waals surface area (Å²) in [6, 6.07) is 4.30. The van der Waals surface area contributed by atoms with Gasteiger partial charge in [-0.05, 0) is 37.5 Å². The van der Waals surface area contributed by atoms with Crippen LogP contribution in [0.2, 0.25) is 0 Å². The Balaban J connectivity index is 2.36. The molecule has 0 atom stereocenters. The maximum absolute atomic E-state index is 12.1. The largest absolute Gasteiger partial charge is 0.370 e. The van der Waals surface area contributed by atoms with Gasteiger partial charge in [0.2, 0.25) is 0 Å². The minimum atomic E-state index is 0.0519. The van der Waals surface area contributed by atoms with Gasteiger partial charge in [0.15, 0.2) is 0 Å². The van der Waals surface area contributed by atoms with Crippen LogP contribution in [-0.2, 0) is 14.1 Å². The van der Waals surface area contributed by atoms with Gasteiger partial charge in [0.05, 0.1) is 16.7 Å². The lowest BCUT2D eigenvalue weighted by atomic mass is 10.1. The third-order valence-corrected chi connectivity index (χ3v) is 3.93. The second-order valence-electron chi connectivity index (χ2n) is 5.25. The monoisotopic (exact) mass is 245 g/mol. The number of aryl methyl sites for hydroxylation is 3. The van der Waals surface area contributed by atoms with Crippen molar-refractivity contribution in [2.75, 3.05) is 18.0 Å². The smallest absolute Gasteiger partial charge is 0.328 e. The van der Waals surface area contributed by atoms with Crippen LogP contribution in [0.1, 0.15) is 18.4 Å². The van der Waals surface area contributed by atoms with Crippen molar-refractivity contribution in [1.29, 1.82) is 0 Å². The van der Waals surface area contributed by atoms with Crippen molar-refractivity contribution in [3.8, 4) is 0 Å². The molecule has 1 saturated heterocycles. The maximum atomic E-state index is 12.1. The molecule has 0 spiro atoms. The Morgan fingerprint density at radius 3 is 2.39 bits per heavy atom. The van der Waals surface area contributed by atoms with Crippen LogP contribution in [0.25, 0.3) is 11.0 Å². The first-order chi connectivity index (χ1) is 8.59. The van der Waals surface area contributed by atoms with E-state index in [0.29, 0.717) is 0 Å². The highest BCUT2D eigenvalue weighted by atomic mass is 16.1. The van der Waals surface area contributed by atoms with Crippen LogP contribution in [-0.4, -0.2) is 22.2 Å². The predicted octanol–water partition coefficient (Wildman–Crippen LogP) is 1.79. The van der Waals surface area contributed by atoms with Crippen LogP contribution in [0.5, 0.6) is 0 Å². The standard InChI is InChI=1S/C14H19N3O/c1-10-8-11-13(16(3)14(18)15(11)2)12(9-10)17-6-4-5-7-17/h8-9H,4-7H2,1-3H3. The molecule has 0 N–H and O–H groups in total. The van der Waals surface area contributed by atoms with E-state index in [9.17, 15) is 4.79 Å². The molecule has 0 saturated carbocycles. The Kier molecular flexibility index (Phi) is 2.47. The van der Waals surface area contributed by atoms with Crippen LogP contribution in [0, 0.1) is 6.92 Å². The molecule has 1 aliphatic rings. The van der Waals surface area contributed by atoms with Gasteiger partial charge in [-0.1, -0.05) is 0 Å². The van der Waals surface area contributed by atoms with E-state index in [1.165, 1.54) is 24.1 Å². The number of hydrogen-bond donors (Lipinski definition) is 0.